The molecule has 1 aliphatic rings. The SMILES string of the molecule is CCC(C)CN(CC(=O)N1CCc2sccc2C1COc1ccc(Cl)c(C)c1)C(=O)C(C)C. The Balaban J connectivity index is 1.78. The first-order chi connectivity index (χ1) is 15.7. The molecule has 5 nitrogen and oxygen atoms in total. The van der Waals surface area contributed by atoms with Crippen LogP contribution < -0.4 is 4.74 Å². The summed E-state index contributed by atoms with van der Waals surface area (Å²) in [7, 11) is 0. The molecule has 1 aromatic carbocycles. The van der Waals surface area contributed by atoms with E-state index in [2.05, 4.69) is 25.3 Å². The van der Waals surface area contributed by atoms with E-state index in [4.69, 9.17) is 16.3 Å². The van der Waals surface area contributed by atoms with E-state index in [1.807, 2.05) is 43.9 Å². The highest BCUT2D eigenvalue weighted by molar-refractivity contribution is 7.10. The largest absolute Gasteiger partial charge is 0.491 e. The van der Waals surface area contributed by atoms with Crippen LogP contribution >= 0.6 is 22.9 Å². The summed E-state index contributed by atoms with van der Waals surface area (Å²) < 4.78 is 6.13. The van der Waals surface area contributed by atoms with Gasteiger partial charge in [0.05, 0.1) is 12.6 Å². The molecule has 2 unspecified atom stereocenters. The zero-order valence-electron chi connectivity index (χ0n) is 20.3. The number of carbonyl (C=O) groups is 2. The summed E-state index contributed by atoms with van der Waals surface area (Å²) >= 11 is 7.88. The maximum absolute atomic E-state index is 13.5. The van der Waals surface area contributed by atoms with Gasteiger partial charge in [-0.3, -0.25) is 9.59 Å². The number of hydrogen-bond donors (Lipinski definition) is 0. The first-order valence-electron chi connectivity index (χ1n) is 11.7. The molecule has 1 aromatic heterocycles. The van der Waals surface area contributed by atoms with Gasteiger partial charge in [0.2, 0.25) is 11.8 Å². The molecule has 2 heterocycles. The summed E-state index contributed by atoms with van der Waals surface area (Å²) in [4.78, 5) is 31.3. The van der Waals surface area contributed by atoms with Crippen molar-refractivity contribution in [1.82, 2.24) is 9.80 Å². The zero-order valence-corrected chi connectivity index (χ0v) is 21.8. The van der Waals surface area contributed by atoms with Gasteiger partial charge in [0.25, 0.3) is 0 Å². The molecule has 33 heavy (non-hydrogen) atoms. The third-order valence-electron chi connectivity index (χ3n) is 6.31. The number of hydrogen-bond acceptors (Lipinski definition) is 4. The van der Waals surface area contributed by atoms with Gasteiger partial charge in [-0.15, -0.1) is 11.3 Å². The highest BCUT2D eigenvalue weighted by Crippen LogP contribution is 2.34. The van der Waals surface area contributed by atoms with E-state index >= 15 is 0 Å². The third kappa shape index (κ3) is 6.30. The number of thiophene rings is 1. The lowest BCUT2D eigenvalue weighted by Gasteiger charge is -2.37. The number of halogens is 1. The Morgan fingerprint density at radius 1 is 1.27 bits per heavy atom. The number of benzene rings is 1. The monoisotopic (exact) mass is 490 g/mol. The highest BCUT2D eigenvalue weighted by Gasteiger charge is 2.34. The summed E-state index contributed by atoms with van der Waals surface area (Å²) in [5.74, 6) is 0.947. The quantitative estimate of drug-likeness (QED) is 0.450. The van der Waals surface area contributed by atoms with Gasteiger partial charge in [-0.05, 0) is 60.0 Å². The first kappa shape index (κ1) is 25.6. The van der Waals surface area contributed by atoms with Gasteiger partial charge < -0.3 is 14.5 Å². The molecule has 1 aliphatic heterocycles. The van der Waals surface area contributed by atoms with Crippen molar-refractivity contribution in [3.8, 4) is 5.75 Å². The Labute approximate surface area is 206 Å². The molecule has 0 saturated carbocycles. The first-order valence-corrected chi connectivity index (χ1v) is 13.0. The lowest BCUT2D eigenvalue weighted by Crippen LogP contribution is -2.49. The third-order valence-corrected chi connectivity index (χ3v) is 7.73. The van der Waals surface area contributed by atoms with Gasteiger partial charge in [0.15, 0.2) is 0 Å². The second kappa shape index (κ2) is 11.4. The van der Waals surface area contributed by atoms with Gasteiger partial charge in [0, 0.05) is 28.9 Å². The van der Waals surface area contributed by atoms with Crippen LogP contribution in [0.15, 0.2) is 29.6 Å². The molecular formula is C26H35ClN2O3S. The van der Waals surface area contributed by atoms with E-state index in [-0.39, 0.29) is 30.3 Å². The number of ether oxygens (including phenoxy) is 1. The van der Waals surface area contributed by atoms with Crippen LogP contribution in [0.5, 0.6) is 5.75 Å². The number of nitrogens with zero attached hydrogens (tertiary/aromatic N) is 2. The maximum atomic E-state index is 13.5. The Kier molecular flexibility index (Phi) is 8.82. The molecule has 0 aliphatic carbocycles. The van der Waals surface area contributed by atoms with Crippen LogP contribution in [-0.4, -0.2) is 47.9 Å². The van der Waals surface area contributed by atoms with Crippen molar-refractivity contribution in [3.63, 3.8) is 0 Å². The van der Waals surface area contributed by atoms with Gasteiger partial charge in [-0.1, -0.05) is 45.7 Å². The van der Waals surface area contributed by atoms with Crippen LogP contribution in [0.3, 0.4) is 0 Å². The van der Waals surface area contributed by atoms with Crippen LogP contribution in [0.1, 0.15) is 56.2 Å². The van der Waals surface area contributed by atoms with E-state index in [9.17, 15) is 9.59 Å². The minimum atomic E-state index is -0.178. The molecule has 3 rings (SSSR count). The fourth-order valence-electron chi connectivity index (χ4n) is 4.11. The fraction of sp³-hybridized carbons (Fsp3) is 0.538. The molecule has 0 saturated heterocycles. The predicted octanol–water partition coefficient (Wildman–Crippen LogP) is 5.75. The molecule has 0 N–H and O–H groups in total. The topological polar surface area (TPSA) is 49.9 Å². The number of fused-ring (bicyclic) bond motifs is 1. The summed E-state index contributed by atoms with van der Waals surface area (Å²) in [5.41, 5.74) is 2.10. The smallest absolute Gasteiger partial charge is 0.242 e. The van der Waals surface area contributed by atoms with E-state index < -0.39 is 0 Å². The maximum Gasteiger partial charge on any atom is 0.242 e. The lowest BCUT2D eigenvalue weighted by atomic mass is 10.00. The number of rotatable bonds is 9. The second-order valence-corrected chi connectivity index (χ2v) is 10.7. The molecule has 180 valence electrons. The Morgan fingerprint density at radius 3 is 2.70 bits per heavy atom. The molecule has 0 radical (unpaired) electrons. The normalized spacial score (nSPS) is 16.5. The second-order valence-electron chi connectivity index (χ2n) is 9.26. The lowest BCUT2D eigenvalue weighted by molar-refractivity contribution is -0.144. The Morgan fingerprint density at radius 2 is 2.03 bits per heavy atom. The number of aryl methyl sites for hydroxylation is 1. The van der Waals surface area contributed by atoms with Crippen molar-refractivity contribution in [2.24, 2.45) is 11.8 Å². The van der Waals surface area contributed by atoms with Crippen molar-refractivity contribution in [1.29, 1.82) is 0 Å². The fourth-order valence-corrected chi connectivity index (χ4v) is 5.16. The minimum absolute atomic E-state index is 0.0231. The minimum Gasteiger partial charge on any atom is -0.491 e. The summed E-state index contributed by atoms with van der Waals surface area (Å²) in [6.07, 6.45) is 1.80. The van der Waals surface area contributed by atoms with Crippen molar-refractivity contribution >= 4 is 34.8 Å². The number of amides is 2. The molecule has 7 heteroatoms. The summed E-state index contributed by atoms with van der Waals surface area (Å²) in [6, 6.07) is 7.52. The van der Waals surface area contributed by atoms with Crippen LogP contribution in [0.2, 0.25) is 5.02 Å². The molecule has 2 amide bonds. The zero-order chi connectivity index (χ0) is 24.1. The van der Waals surface area contributed by atoms with Gasteiger partial charge in [-0.2, -0.15) is 0 Å². The van der Waals surface area contributed by atoms with Crippen molar-refractivity contribution in [2.45, 2.75) is 53.5 Å². The number of carbonyl (C=O) groups excluding carboxylic acids is 2. The molecular weight excluding hydrogens is 456 g/mol. The molecule has 0 bridgehead atoms. The standard InChI is InChI=1S/C26H35ClN2O3S/c1-6-18(4)14-28(26(31)17(2)3)15-25(30)29-11-9-24-21(10-12-33-24)23(29)16-32-20-7-8-22(27)19(5)13-20/h7-8,10,12-13,17-18,23H,6,9,11,14-16H2,1-5H3. The van der Waals surface area contributed by atoms with E-state index in [1.165, 1.54) is 4.88 Å². The van der Waals surface area contributed by atoms with Crippen LogP contribution in [0, 0.1) is 18.8 Å². The summed E-state index contributed by atoms with van der Waals surface area (Å²) in [5, 5.41) is 2.78. The van der Waals surface area contributed by atoms with E-state index in [1.54, 1.807) is 16.2 Å². The van der Waals surface area contributed by atoms with Crippen molar-refractivity contribution in [2.75, 3.05) is 26.2 Å². The Bertz CT molecular complexity index is 974. The van der Waals surface area contributed by atoms with Crippen LogP contribution in [-0.2, 0) is 16.0 Å². The Hall–Kier alpha value is -2.05. The van der Waals surface area contributed by atoms with E-state index in [0.29, 0.717) is 30.6 Å². The highest BCUT2D eigenvalue weighted by atomic mass is 35.5. The predicted molar refractivity (Wildman–Crippen MR) is 135 cm³/mol. The summed E-state index contributed by atoms with van der Waals surface area (Å²) in [6.45, 7) is 11.7. The van der Waals surface area contributed by atoms with Crippen molar-refractivity contribution < 1.29 is 14.3 Å². The van der Waals surface area contributed by atoms with E-state index in [0.717, 1.165) is 29.7 Å². The average Bonchev–Trinajstić information content (AvgIpc) is 3.27. The molecule has 0 spiro atoms. The van der Waals surface area contributed by atoms with Gasteiger partial charge in [0.1, 0.15) is 12.4 Å². The molecule has 2 aromatic rings. The van der Waals surface area contributed by atoms with Gasteiger partial charge >= 0.3 is 0 Å². The molecule has 0 fully saturated rings. The molecule has 2 atom stereocenters. The van der Waals surface area contributed by atoms with Crippen LogP contribution in [0.25, 0.3) is 0 Å². The average molecular weight is 491 g/mol. The van der Waals surface area contributed by atoms with Gasteiger partial charge in [-0.25, -0.2) is 0 Å². The van der Waals surface area contributed by atoms with Crippen molar-refractivity contribution in [3.05, 3.63) is 50.7 Å². The van der Waals surface area contributed by atoms with Crippen LogP contribution in [0.4, 0.5) is 0 Å².